The van der Waals surface area contributed by atoms with Crippen LogP contribution >= 0.6 is 0 Å². The van der Waals surface area contributed by atoms with Crippen molar-refractivity contribution in [1.82, 2.24) is 0 Å². The number of amides is 1. The lowest BCUT2D eigenvalue weighted by Crippen LogP contribution is -2.57. The van der Waals surface area contributed by atoms with Gasteiger partial charge in [-0.2, -0.15) is 4.79 Å². The van der Waals surface area contributed by atoms with Gasteiger partial charge in [-0.15, -0.1) is 0 Å². The van der Waals surface area contributed by atoms with Crippen molar-refractivity contribution >= 4 is 6.09 Å². The van der Waals surface area contributed by atoms with Crippen molar-refractivity contribution in [3.8, 4) is 0 Å². The molecule has 0 saturated carbocycles. The van der Waals surface area contributed by atoms with Crippen molar-refractivity contribution in [2.45, 2.75) is 52.1 Å². The van der Waals surface area contributed by atoms with Crippen LogP contribution in [0.3, 0.4) is 0 Å². The SMILES string of the molecule is CC(C)(C)OC(=O)[N+]1(CCCO)CCCCC1. The molecule has 0 aromatic rings. The third-order valence-electron chi connectivity index (χ3n) is 3.20. The van der Waals surface area contributed by atoms with E-state index >= 15 is 0 Å². The van der Waals surface area contributed by atoms with Crippen LogP contribution in [0, 0.1) is 0 Å². The summed E-state index contributed by atoms with van der Waals surface area (Å²) in [6.45, 7) is 8.25. The maximum absolute atomic E-state index is 12.3. The molecule has 4 heteroatoms. The summed E-state index contributed by atoms with van der Waals surface area (Å²) in [5.74, 6) is 0. The van der Waals surface area contributed by atoms with Crippen LogP contribution in [0.1, 0.15) is 46.5 Å². The molecule has 100 valence electrons. The Morgan fingerprint density at radius 3 is 2.29 bits per heavy atom. The van der Waals surface area contributed by atoms with E-state index in [2.05, 4.69) is 0 Å². The van der Waals surface area contributed by atoms with Crippen LogP contribution in [0.2, 0.25) is 0 Å². The van der Waals surface area contributed by atoms with Crippen LogP contribution in [0.15, 0.2) is 0 Å². The summed E-state index contributed by atoms with van der Waals surface area (Å²) in [6, 6.07) is 0. The minimum Gasteiger partial charge on any atom is -0.414 e. The van der Waals surface area contributed by atoms with Gasteiger partial charge in [-0.3, -0.25) is 0 Å². The van der Waals surface area contributed by atoms with E-state index in [4.69, 9.17) is 9.84 Å². The highest BCUT2D eigenvalue weighted by atomic mass is 16.6. The number of hydrogen-bond acceptors (Lipinski definition) is 3. The molecule has 1 fully saturated rings. The predicted octanol–water partition coefficient (Wildman–Crippen LogP) is 2.30. The number of quaternary nitrogens is 1. The number of carbonyl (C=O) groups is 1. The van der Waals surface area contributed by atoms with E-state index in [1.54, 1.807) is 0 Å². The smallest absolute Gasteiger partial charge is 0.414 e. The first-order valence-corrected chi connectivity index (χ1v) is 6.60. The normalized spacial score (nSPS) is 20.0. The zero-order chi connectivity index (χ0) is 12.9. The number of ether oxygens (including phenoxy) is 1. The Hall–Kier alpha value is -0.610. The van der Waals surface area contributed by atoms with Crippen LogP contribution in [0.5, 0.6) is 0 Å². The maximum atomic E-state index is 12.3. The van der Waals surface area contributed by atoms with Crippen LogP contribution in [-0.2, 0) is 4.74 Å². The lowest BCUT2D eigenvalue weighted by Gasteiger charge is -2.38. The Kier molecular flexibility index (Phi) is 4.95. The van der Waals surface area contributed by atoms with Crippen LogP contribution in [0.4, 0.5) is 4.79 Å². The van der Waals surface area contributed by atoms with Gasteiger partial charge in [-0.05, 0) is 40.0 Å². The summed E-state index contributed by atoms with van der Waals surface area (Å²) in [5.41, 5.74) is -0.432. The molecular weight excluding hydrogens is 218 g/mol. The van der Waals surface area contributed by atoms with E-state index in [9.17, 15) is 4.79 Å². The number of piperidine rings is 1. The van der Waals surface area contributed by atoms with E-state index in [0.29, 0.717) is 17.4 Å². The molecule has 0 aromatic heterocycles. The molecule has 1 rings (SSSR count). The molecule has 1 aliphatic rings. The minimum absolute atomic E-state index is 0.120. The van der Waals surface area contributed by atoms with Crippen molar-refractivity contribution in [3.05, 3.63) is 0 Å². The highest BCUT2D eigenvalue weighted by Gasteiger charge is 2.41. The van der Waals surface area contributed by atoms with Gasteiger partial charge in [0.2, 0.25) is 0 Å². The zero-order valence-electron chi connectivity index (χ0n) is 11.4. The first-order chi connectivity index (χ1) is 7.90. The van der Waals surface area contributed by atoms with Crippen molar-refractivity contribution in [2.24, 2.45) is 0 Å². The Labute approximate surface area is 104 Å². The molecule has 17 heavy (non-hydrogen) atoms. The molecule has 4 nitrogen and oxygen atoms in total. The fourth-order valence-corrected chi connectivity index (χ4v) is 2.35. The van der Waals surface area contributed by atoms with Gasteiger partial charge in [-0.1, -0.05) is 0 Å². The highest BCUT2D eigenvalue weighted by molar-refractivity contribution is 5.60. The highest BCUT2D eigenvalue weighted by Crippen LogP contribution is 2.23. The number of rotatable bonds is 3. The summed E-state index contributed by atoms with van der Waals surface area (Å²) in [4.78, 5) is 12.3. The quantitative estimate of drug-likeness (QED) is 0.775. The standard InChI is InChI=1S/C13H26NO3/c1-13(2,3)17-12(16)14(10-7-11-15)8-5-4-6-9-14/h15H,4-11H2,1-3H3/q+1. The lowest BCUT2D eigenvalue weighted by molar-refractivity contribution is -0.863. The van der Waals surface area contributed by atoms with Gasteiger partial charge in [0.25, 0.3) is 0 Å². The van der Waals surface area contributed by atoms with Gasteiger partial charge in [0, 0.05) is 13.0 Å². The largest absolute Gasteiger partial charge is 0.516 e. The van der Waals surface area contributed by atoms with E-state index in [1.807, 2.05) is 20.8 Å². The zero-order valence-corrected chi connectivity index (χ0v) is 11.4. The molecule has 1 aliphatic heterocycles. The average molecular weight is 244 g/mol. The monoisotopic (exact) mass is 244 g/mol. The number of likely N-dealkylation sites (tertiary alicyclic amines) is 1. The van der Waals surface area contributed by atoms with Crippen molar-refractivity contribution in [2.75, 3.05) is 26.2 Å². The lowest BCUT2D eigenvalue weighted by atomic mass is 10.1. The molecule has 0 aromatic carbocycles. The van der Waals surface area contributed by atoms with E-state index < -0.39 is 5.60 Å². The molecule has 0 bridgehead atoms. The summed E-state index contributed by atoms with van der Waals surface area (Å²) in [7, 11) is 0. The Bertz CT molecular complexity index is 252. The fraction of sp³-hybridized carbons (Fsp3) is 0.923. The number of aliphatic hydroxyl groups excluding tert-OH is 1. The van der Waals surface area contributed by atoms with Gasteiger partial charge in [0.1, 0.15) is 5.60 Å². The minimum atomic E-state index is -0.432. The first kappa shape index (κ1) is 14.5. The van der Waals surface area contributed by atoms with Crippen molar-refractivity contribution in [1.29, 1.82) is 0 Å². The summed E-state index contributed by atoms with van der Waals surface area (Å²) in [5, 5.41) is 8.96. The number of aliphatic hydroxyl groups is 1. The molecule has 0 spiro atoms. The fourth-order valence-electron chi connectivity index (χ4n) is 2.35. The topological polar surface area (TPSA) is 46.5 Å². The van der Waals surface area contributed by atoms with E-state index in [0.717, 1.165) is 25.9 Å². The number of nitrogens with zero attached hydrogens (tertiary/aromatic N) is 1. The molecule has 1 amide bonds. The Morgan fingerprint density at radius 1 is 1.24 bits per heavy atom. The number of carbonyl (C=O) groups excluding carboxylic acids is 1. The molecule has 1 saturated heterocycles. The molecule has 0 radical (unpaired) electrons. The molecular formula is C13H26NO3+. The third-order valence-corrected chi connectivity index (χ3v) is 3.20. The van der Waals surface area contributed by atoms with E-state index in [-0.39, 0.29) is 12.7 Å². The second-order valence-corrected chi connectivity index (χ2v) is 5.93. The summed E-state index contributed by atoms with van der Waals surface area (Å²) in [6.07, 6.45) is 3.89. The van der Waals surface area contributed by atoms with Gasteiger partial charge in [0.15, 0.2) is 0 Å². The third kappa shape index (κ3) is 4.28. The molecule has 1 N–H and O–H groups in total. The second kappa shape index (κ2) is 5.83. The summed E-state index contributed by atoms with van der Waals surface area (Å²) < 4.78 is 5.93. The molecule has 1 heterocycles. The van der Waals surface area contributed by atoms with Gasteiger partial charge >= 0.3 is 6.09 Å². The van der Waals surface area contributed by atoms with Crippen LogP contribution in [0.25, 0.3) is 0 Å². The van der Waals surface area contributed by atoms with Gasteiger partial charge < -0.3 is 9.84 Å². The molecule has 0 aliphatic carbocycles. The van der Waals surface area contributed by atoms with Crippen LogP contribution < -0.4 is 0 Å². The van der Waals surface area contributed by atoms with Gasteiger partial charge in [-0.25, -0.2) is 4.48 Å². The van der Waals surface area contributed by atoms with Crippen molar-refractivity contribution in [3.63, 3.8) is 0 Å². The van der Waals surface area contributed by atoms with Crippen molar-refractivity contribution < 1.29 is 19.1 Å². The van der Waals surface area contributed by atoms with Gasteiger partial charge in [0.05, 0.1) is 19.6 Å². The molecule has 0 unspecified atom stereocenters. The predicted molar refractivity (Wildman–Crippen MR) is 66.6 cm³/mol. The van der Waals surface area contributed by atoms with E-state index in [1.165, 1.54) is 6.42 Å². The second-order valence-electron chi connectivity index (χ2n) is 5.93. The first-order valence-electron chi connectivity index (χ1n) is 6.60. The van der Waals surface area contributed by atoms with Crippen LogP contribution in [-0.4, -0.2) is 47.5 Å². The summed E-state index contributed by atoms with van der Waals surface area (Å²) >= 11 is 0. The number of hydrogen-bond donors (Lipinski definition) is 1. The molecule has 0 atom stereocenters. The Morgan fingerprint density at radius 2 is 1.82 bits per heavy atom. The maximum Gasteiger partial charge on any atom is 0.516 e. The Balaban J connectivity index is 2.70. The average Bonchev–Trinajstić information content (AvgIpc) is 2.25.